The van der Waals surface area contributed by atoms with E-state index in [2.05, 4.69) is 28.7 Å². The van der Waals surface area contributed by atoms with E-state index in [0.29, 0.717) is 30.2 Å². The van der Waals surface area contributed by atoms with Crippen LogP contribution in [-0.2, 0) is 13.2 Å². The van der Waals surface area contributed by atoms with Crippen LogP contribution in [-0.4, -0.2) is 20.4 Å². The first-order chi connectivity index (χ1) is 16.7. The largest absolute Gasteiger partial charge is 0.493 e. The van der Waals surface area contributed by atoms with Gasteiger partial charge in [-0.15, -0.1) is 0 Å². The maximum absolute atomic E-state index is 8.99. The molecule has 170 valence electrons. The van der Waals surface area contributed by atoms with Gasteiger partial charge in [0.25, 0.3) is 0 Å². The van der Waals surface area contributed by atoms with Gasteiger partial charge in [-0.2, -0.15) is 10.4 Å². The lowest BCUT2D eigenvalue weighted by molar-refractivity contribution is 0.306. The van der Waals surface area contributed by atoms with E-state index < -0.39 is 0 Å². The van der Waals surface area contributed by atoms with Crippen molar-refractivity contribution < 1.29 is 14.2 Å². The Hall–Kier alpha value is -4.50. The van der Waals surface area contributed by atoms with Gasteiger partial charge in [-0.05, 0) is 52.2 Å². The Bertz CT molecular complexity index is 1340. The normalized spacial score (nSPS) is 10.7. The summed E-state index contributed by atoms with van der Waals surface area (Å²) in [5.41, 5.74) is 6.63. The minimum atomic E-state index is 0.393. The maximum atomic E-state index is 8.99. The summed E-state index contributed by atoms with van der Waals surface area (Å²) in [6.07, 6.45) is 1.79. The Morgan fingerprint density at radius 1 is 0.853 bits per heavy atom. The van der Waals surface area contributed by atoms with Gasteiger partial charge >= 0.3 is 0 Å². The molecule has 0 atom stereocenters. The van der Waals surface area contributed by atoms with Crippen LogP contribution in [0.5, 0.6) is 17.2 Å². The molecule has 4 aromatic rings. The molecule has 0 aromatic heterocycles. The van der Waals surface area contributed by atoms with E-state index in [1.165, 1.54) is 0 Å². The van der Waals surface area contributed by atoms with Crippen LogP contribution in [0.1, 0.15) is 22.3 Å². The van der Waals surface area contributed by atoms with E-state index >= 15 is 0 Å². The quantitative estimate of drug-likeness (QED) is 0.271. The van der Waals surface area contributed by atoms with Gasteiger partial charge in [-0.3, -0.25) is 0 Å². The lowest BCUT2D eigenvalue weighted by Gasteiger charge is -2.12. The van der Waals surface area contributed by atoms with Gasteiger partial charge in [0.05, 0.1) is 38.6 Å². The fourth-order valence-electron chi connectivity index (χ4n) is 3.61. The zero-order valence-electron chi connectivity index (χ0n) is 19.1. The molecule has 0 aliphatic carbocycles. The Labute approximate surface area is 199 Å². The highest BCUT2D eigenvalue weighted by atomic mass is 16.5. The van der Waals surface area contributed by atoms with E-state index in [4.69, 9.17) is 19.5 Å². The lowest BCUT2D eigenvalue weighted by atomic mass is 10.0. The Morgan fingerprint density at radius 3 is 2.35 bits per heavy atom. The van der Waals surface area contributed by atoms with Crippen LogP contribution in [0.25, 0.3) is 10.8 Å². The SMILES string of the molecule is COc1ccc(CN/N=C\c2c(OCc3ccc(C#N)cc3)ccc3ccccc23)cc1OC. The number of benzene rings is 4. The summed E-state index contributed by atoms with van der Waals surface area (Å²) in [5, 5.41) is 15.6. The number of nitriles is 1. The first-order valence-corrected chi connectivity index (χ1v) is 10.8. The third-order valence-corrected chi connectivity index (χ3v) is 5.42. The third-order valence-electron chi connectivity index (χ3n) is 5.42. The Kier molecular flexibility index (Phi) is 7.26. The minimum Gasteiger partial charge on any atom is -0.493 e. The van der Waals surface area contributed by atoms with Crippen LogP contribution < -0.4 is 19.6 Å². The zero-order valence-corrected chi connectivity index (χ0v) is 19.1. The molecule has 6 nitrogen and oxygen atoms in total. The second-order valence-corrected chi connectivity index (χ2v) is 7.58. The summed E-state index contributed by atoms with van der Waals surface area (Å²) in [6, 6.07) is 27.4. The predicted molar refractivity (Wildman–Crippen MR) is 133 cm³/mol. The summed E-state index contributed by atoms with van der Waals surface area (Å²) < 4.78 is 16.8. The average Bonchev–Trinajstić information content (AvgIpc) is 2.90. The van der Waals surface area contributed by atoms with Crippen LogP contribution in [0.15, 0.2) is 84.0 Å². The van der Waals surface area contributed by atoms with Crippen LogP contribution in [0, 0.1) is 11.3 Å². The fraction of sp³-hybridized carbons (Fsp3) is 0.143. The number of nitrogens with one attached hydrogen (secondary N) is 1. The first kappa shape index (κ1) is 22.7. The summed E-state index contributed by atoms with van der Waals surface area (Å²) in [4.78, 5) is 0. The number of ether oxygens (including phenoxy) is 3. The van der Waals surface area contributed by atoms with Gasteiger partial charge in [0, 0.05) is 5.56 Å². The molecule has 6 heteroatoms. The van der Waals surface area contributed by atoms with Gasteiger partial charge in [0.15, 0.2) is 11.5 Å². The van der Waals surface area contributed by atoms with Crippen molar-refractivity contribution in [2.45, 2.75) is 13.2 Å². The number of hydrogen-bond acceptors (Lipinski definition) is 6. The lowest BCUT2D eigenvalue weighted by Crippen LogP contribution is -2.07. The van der Waals surface area contributed by atoms with Crippen LogP contribution in [0.2, 0.25) is 0 Å². The van der Waals surface area contributed by atoms with Crippen LogP contribution in [0.3, 0.4) is 0 Å². The molecule has 0 fully saturated rings. The Balaban J connectivity index is 1.51. The van der Waals surface area contributed by atoms with E-state index in [-0.39, 0.29) is 0 Å². The molecule has 0 saturated heterocycles. The van der Waals surface area contributed by atoms with E-state index in [1.54, 1.807) is 32.6 Å². The fourth-order valence-corrected chi connectivity index (χ4v) is 3.61. The van der Waals surface area contributed by atoms with Crippen molar-refractivity contribution in [3.8, 4) is 23.3 Å². The number of rotatable bonds is 9. The summed E-state index contributed by atoms with van der Waals surface area (Å²) in [5.74, 6) is 2.10. The molecule has 0 aliphatic rings. The maximum Gasteiger partial charge on any atom is 0.161 e. The minimum absolute atomic E-state index is 0.393. The summed E-state index contributed by atoms with van der Waals surface area (Å²) in [6.45, 7) is 0.924. The van der Waals surface area contributed by atoms with Crippen molar-refractivity contribution >= 4 is 17.0 Å². The van der Waals surface area contributed by atoms with Crippen molar-refractivity contribution in [3.05, 3.63) is 101 Å². The van der Waals surface area contributed by atoms with Gasteiger partial charge in [-0.25, -0.2) is 0 Å². The molecular formula is C28H25N3O3. The molecule has 0 heterocycles. The van der Waals surface area contributed by atoms with Gasteiger partial charge in [-0.1, -0.05) is 48.5 Å². The van der Waals surface area contributed by atoms with Crippen molar-refractivity contribution in [3.63, 3.8) is 0 Å². The van der Waals surface area contributed by atoms with Crippen LogP contribution >= 0.6 is 0 Å². The predicted octanol–water partition coefficient (Wildman–Crippen LogP) is 5.43. The van der Waals surface area contributed by atoms with E-state index in [9.17, 15) is 0 Å². The standard InChI is InChI=1S/C28H25N3O3/c1-32-27-13-11-22(15-28(27)33-2)17-30-31-18-25-24-6-4-3-5-23(24)12-14-26(25)34-19-21-9-7-20(16-29)8-10-21/h3-15,18,30H,17,19H2,1-2H3/b31-18-. The summed E-state index contributed by atoms with van der Waals surface area (Å²) in [7, 11) is 3.23. The molecule has 4 aromatic carbocycles. The zero-order chi connectivity index (χ0) is 23.8. The van der Waals surface area contributed by atoms with Crippen molar-refractivity contribution in [2.24, 2.45) is 5.10 Å². The highest BCUT2D eigenvalue weighted by molar-refractivity contribution is 6.02. The molecule has 0 amide bonds. The summed E-state index contributed by atoms with van der Waals surface area (Å²) >= 11 is 0. The first-order valence-electron chi connectivity index (χ1n) is 10.8. The smallest absolute Gasteiger partial charge is 0.161 e. The third kappa shape index (κ3) is 5.28. The van der Waals surface area contributed by atoms with Gasteiger partial charge < -0.3 is 19.6 Å². The average molecular weight is 452 g/mol. The molecule has 1 N–H and O–H groups in total. The Morgan fingerprint density at radius 2 is 1.59 bits per heavy atom. The van der Waals surface area contributed by atoms with Crippen molar-refractivity contribution in [1.29, 1.82) is 5.26 Å². The molecule has 34 heavy (non-hydrogen) atoms. The number of hydrazone groups is 1. The molecule has 4 rings (SSSR count). The second-order valence-electron chi connectivity index (χ2n) is 7.58. The highest BCUT2D eigenvalue weighted by Gasteiger charge is 2.08. The molecule has 0 radical (unpaired) electrons. The molecule has 0 bridgehead atoms. The molecule has 0 aliphatic heterocycles. The highest BCUT2D eigenvalue weighted by Crippen LogP contribution is 2.28. The topological polar surface area (TPSA) is 75.9 Å². The monoisotopic (exact) mass is 451 g/mol. The molecule has 0 saturated carbocycles. The van der Waals surface area contributed by atoms with Crippen LogP contribution in [0.4, 0.5) is 0 Å². The molecule has 0 spiro atoms. The number of fused-ring (bicyclic) bond motifs is 1. The number of hydrogen-bond donors (Lipinski definition) is 1. The molecule has 0 unspecified atom stereocenters. The van der Waals surface area contributed by atoms with Gasteiger partial charge in [0.2, 0.25) is 0 Å². The van der Waals surface area contributed by atoms with E-state index in [0.717, 1.165) is 33.2 Å². The van der Waals surface area contributed by atoms with Gasteiger partial charge in [0.1, 0.15) is 12.4 Å². The molecular weight excluding hydrogens is 426 g/mol. The number of methoxy groups -OCH3 is 2. The van der Waals surface area contributed by atoms with E-state index in [1.807, 2.05) is 54.6 Å². The second kappa shape index (κ2) is 10.9. The van der Waals surface area contributed by atoms with Crippen molar-refractivity contribution in [1.82, 2.24) is 5.43 Å². The number of nitrogens with zero attached hydrogens (tertiary/aromatic N) is 2. The van der Waals surface area contributed by atoms with Crippen molar-refractivity contribution in [2.75, 3.05) is 14.2 Å².